The van der Waals surface area contributed by atoms with Crippen LogP contribution in [0.3, 0.4) is 0 Å². The van der Waals surface area contributed by atoms with E-state index < -0.39 is 11.7 Å². The first-order valence-electron chi connectivity index (χ1n) is 6.14. The van der Waals surface area contributed by atoms with Crippen molar-refractivity contribution >= 4 is 0 Å². The highest BCUT2D eigenvalue weighted by atomic mass is 19.1. The molecule has 1 aliphatic rings. The number of halogens is 1. The molecular formula is C14H19FO2. The van der Waals surface area contributed by atoms with Gasteiger partial charge in [0.2, 0.25) is 0 Å². The average molecular weight is 238 g/mol. The van der Waals surface area contributed by atoms with E-state index in [0.717, 1.165) is 25.7 Å². The summed E-state index contributed by atoms with van der Waals surface area (Å²) in [6, 6.07) is 6.60. The Morgan fingerprint density at radius 1 is 1.35 bits per heavy atom. The zero-order chi connectivity index (χ0) is 12.3. The normalized spacial score (nSPS) is 20.4. The maximum Gasteiger partial charge on any atom is 0.126 e. The lowest BCUT2D eigenvalue weighted by molar-refractivity contribution is -0.0973. The lowest BCUT2D eigenvalue weighted by Crippen LogP contribution is -2.43. The van der Waals surface area contributed by atoms with Crippen LogP contribution in [0.25, 0.3) is 0 Å². The Hall–Kier alpha value is -0.930. The number of benzene rings is 1. The number of aliphatic hydroxyl groups is 1. The van der Waals surface area contributed by atoms with Gasteiger partial charge in [0.1, 0.15) is 5.82 Å². The molecule has 0 spiro atoms. The molecule has 1 aromatic rings. The van der Waals surface area contributed by atoms with Gasteiger partial charge in [0, 0.05) is 13.5 Å². The predicted octanol–water partition coefficient (Wildman–Crippen LogP) is 2.69. The van der Waals surface area contributed by atoms with Crippen molar-refractivity contribution in [1.82, 2.24) is 0 Å². The minimum Gasteiger partial charge on any atom is -0.390 e. The quantitative estimate of drug-likeness (QED) is 0.874. The summed E-state index contributed by atoms with van der Waals surface area (Å²) in [5.41, 5.74) is 0.0887. The summed E-state index contributed by atoms with van der Waals surface area (Å²) in [6.45, 7) is 0. The number of hydrogen-bond acceptors (Lipinski definition) is 2. The Morgan fingerprint density at radius 2 is 2.00 bits per heavy atom. The first kappa shape index (κ1) is 12.5. The number of hydrogen-bond donors (Lipinski definition) is 1. The molecule has 0 aliphatic heterocycles. The van der Waals surface area contributed by atoms with Crippen molar-refractivity contribution in [1.29, 1.82) is 0 Å². The van der Waals surface area contributed by atoms with Crippen LogP contribution in [-0.4, -0.2) is 23.9 Å². The summed E-state index contributed by atoms with van der Waals surface area (Å²) in [5.74, 6) is -0.254. The molecule has 1 fully saturated rings. The molecule has 17 heavy (non-hydrogen) atoms. The molecule has 0 bridgehead atoms. The van der Waals surface area contributed by atoms with E-state index in [9.17, 15) is 9.50 Å². The molecule has 0 radical (unpaired) electrons. The molecule has 1 N–H and O–H groups in total. The molecule has 2 nitrogen and oxygen atoms in total. The van der Waals surface area contributed by atoms with Gasteiger partial charge >= 0.3 is 0 Å². The molecule has 3 heteroatoms. The van der Waals surface area contributed by atoms with E-state index in [1.54, 1.807) is 25.3 Å². The molecular weight excluding hydrogens is 219 g/mol. The maximum atomic E-state index is 13.5. The van der Waals surface area contributed by atoms with Gasteiger partial charge in [-0.1, -0.05) is 31.0 Å². The SMILES string of the molecule is COC1(C(O)Cc2ccccc2F)CCCC1. The third-order valence-corrected chi connectivity index (χ3v) is 3.83. The van der Waals surface area contributed by atoms with E-state index in [1.165, 1.54) is 6.07 Å². The standard InChI is InChI=1S/C14H19FO2/c1-17-14(8-4-5-9-14)13(16)10-11-6-2-3-7-12(11)15/h2-3,6-7,13,16H,4-5,8-10H2,1H3. The fraction of sp³-hybridized carbons (Fsp3) is 0.571. The van der Waals surface area contributed by atoms with Gasteiger partial charge in [-0.3, -0.25) is 0 Å². The van der Waals surface area contributed by atoms with Crippen LogP contribution in [0.1, 0.15) is 31.2 Å². The zero-order valence-electron chi connectivity index (χ0n) is 10.2. The molecule has 2 rings (SSSR count). The van der Waals surface area contributed by atoms with Crippen LogP contribution in [0.4, 0.5) is 4.39 Å². The second-order valence-corrected chi connectivity index (χ2v) is 4.79. The summed E-state index contributed by atoms with van der Waals surface area (Å²) in [7, 11) is 1.63. The van der Waals surface area contributed by atoms with E-state index >= 15 is 0 Å². The lowest BCUT2D eigenvalue weighted by atomic mass is 9.89. The molecule has 1 atom stereocenters. The van der Waals surface area contributed by atoms with Crippen molar-refractivity contribution in [3.63, 3.8) is 0 Å². The summed E-state index contributed by atoms with van der Waals surface area (Å²) >= 11 is 0. The van der Waals surface area contributed by atoms with E-state index in [2.05, 4.69) is 0 Å². The van der Waals surface area contributed by atoms with Crippen molar-refractivity contribution < 1.29 is 14.2 Å². The van der Waals surface area contributed by atoms with Crippen LogP contribution >= 0.6 is 0 Å². The fourth-order valence-corrected chi connectivity index (χ4v) is 2.71. The highest BCUT2D eigenvalue weighted by molar-refractivity contribution is 5.19. The highest BCUT2D eigenvalue weighted by Gasteiger charge is 2.40. The Labute approximate surface area is 101 Å². The topological polar surface area (TPSA) is 29.5 Å². The van der Waals surface area contributed by atoms with E-state index in [4.69, 9.17) is 4.74 Å². The van der Waals surface area contributed by atoms with Gasteiger partial charge < -0.3 is 9.84 Å². The predicted molar refractivity (Wildman–Crippen MR) is 64.3 cm³/mol. The maximum absolute atomic E-state index is 13.5. The lowest BCUT2D eigenvalue weighted by Gasteiger charge is -2.33. The summed E-state index contributed by atoms with van der Waals surface area (Å²) in [5, 5.41) is 10.3. The molecule has 0 aromatic heterocycles. The summed E-state index contributed by atoms with van der Waals surface area (Å²) in [4.78, 5) is 0. The van der Waals surface area contributed by atoms with Crippen LogP contribution < -0.4 is 0 Å². The van der Waals surface area contributed by atoms with Gasteiger partial charge in [-0.25, -0.2) is 4.39 Å². The second-order valence-electron chi connectivity index (χ2n) is 4.79. The number of methoxy groups -OCH3 is 1. The van der Waals surface area contributed by atoms with Gasteiger partial charge in [0.25, 0.3) is 0 Å². The highest BCUT2D eigenvalue weighted by Crippen LogP contribution is 2.36. The van der Waals surface area contributed by atoms with E-state index in [0.29, 0.717) is 12.0 Å². The Kier molecular flexibility index (Phi) is 3.79. The fourth-order valence-electron chi connectivity index (χ4n) is 2.71. The Bertz CT molecular complexity index is 372. The number of rotatable bonds is 4. The largest absolute Gasteiger partial charge is 0.390 e. The van der Waals surface area contributed by atoms with Crippen LogP contribution in [-0.2, 0) is 11.2 Å². The van der Waals surface area contributed by atoms with Crippen LogP contribution in [0.2, 0.25) is 0 Å². The molecule has 1 aliphatic carbocycles. The Morgan fingerprint density at radius 3 is 2.59 bits per heavy atom. The van der Waals surface area contributed by atoms with Crippen molar-refractivity contribution in [3.8, 4) is 0 Å². The molecule has 1 saturated carbocycles. The molecule has 0 saturated heterocycles. The molecule has 1 unspecified atom stereocenters. The first-order valence-corrected chi connectivity index (χ1v) is 6.14. The minimum atomic E-state index is -0.633. The van der Waals surface area contributed by atoms with Gasteiger partial charge in [-0.15, -0.1) is 0 Å². The van der Waals surface area contributed by atoms with Crippen molar-refractivity contribution in [2.75, 3.05) is 7.11 Å². The van der Waals surface area contributed by atoms with Crippen LogP contribution in [0.5, 0.6) is 0 Å². The molecule has 0 amide bonds. The second kappa shape index (κ2) is 5.15. The third kappa shape index (κ3) is 2.50. The number of ether oxygens (including phenoxy) is 1. The molecule has 1 aromatic carbocycles. The monoisotopic (exact) mass is 238 g/mol. The summed E-state index contributed by atoms with van der Waals surface area (Å²) < 4.78 is 19.0. The van der Waals surface area contributed by atoms with Gasteiger partial charge in [0.15, 0.2) is 0 Å². The third-order valence-electron chi connectivity index (χ3n) is 3.83. The molecule has 0 heterocycles. The van der Waals surface area contributed by atoms with E-state index in [1.807, 2.05) is 0 Å². The average Bonchev–Trinajstić information content (AvgIpc) is 2.82. The molecule has 94 valence electrons. The Balaban J connectivity index is 2.10. The minimum absolute atomic E-state index is 0.254. The summed E-state index contributed by atoms with van der Waals surface area (Å²) in [6.07, 6.45) is 3.55. The van der Waals surface area contributed by atoms with Gasteiger partial charge in [-0.2, -0.15) is 0 Å². The van der Waals surface area contributed by atoms with E-state index in [-0.39, 0.29) is 5.82 Å². The number of aliphatic hydroxyl groups excluding tert-OH is 1. The zero-order valence-corrected chi connectivity index (χ0v) is 10.2. The van der Waals surface area contributed by atoms with Crippen molar-refractivity contribution in [2.45, 2.75) is 43.8 Å². The van der Waals surface area contributed by atoms with Crippen molar-refractivity contribution in [2.24, 2.45) is 0 Å². The van der Waals surface area contributed by atoms with Gasteiger partial charge in [0.05, 0.1) is 11.7 Å². The van der Waals surface area contributed by atoms with Crippen LogP contribution in [0.15, 0.2) is 24.3 Å². The van der Waals surface area contributed by atoms with Gasteiger partial charge in [-0.05, 0) is 24.5 Å². The smallest absolute Gasteiger partial charge is 0.126 e. The van der Waals surface area contributed by atoms with Crippen LogP contribution in [0, 0.1) is 5.82 Å². The van der Waals surface area contributed by atoms with Crippen molar-refractivity contribution in [3.05, 3.63) is 35.6 Å². The first-order chi connectivity index (χ1) is 8.18.